The van der Waals surface area contributed by atoms with Crippen LogP contribution in [0.1, 0.15) is 0 Å². The Morgan fingerprint density at radius 1 is 1.32 bits per heavy atom. The van der Waals surface area contributed by atoms with Crippen LogP contribution in [0.3, 0.4) is 0 Å². The van der Waals surface area contributed by atoms with Crippen LogP contribution in [0, 0.1) is 0 Å². The Bertz CT molecular complexity index is 689. The van der Waals surface area contributed by atoms with Crippen molar-refractivity contribution in [2.45, 2.75) is 4.90 Å². The summed E-state index contributed by atoms with van der Waals surface area (Å²) in [7, 11) is -2.32. The van der Waals surface area contributed by atoms with Gasteiger partial charge in [-0.15, -0.1) is 0 Å². The minimum atomic E-state index is -3.76. The Hall–Kier alpha value is -1.79. The number of nitrogens with zero attached hydrogens (tertiary/aromatic N) is 2. The van der Waals surface area contributed by atoms with Crippen molar-refractivity contribution in [2.24, 2.45) is 0 Å². The monoisotopic (exact) mass is 297 g/mol. The lowest BCUT2D eigenvalue weighted by atomic mass is 10.3. The summed E-state index contributed by atoms with van der Waals surface area (Å²) in [4.78, 5) is 3.87. The first kappa shape index (κ1) is 13.6. The molecule has 0 fully saturated rings. The zero-order chi connectivity index (χ0) is 14.0. The van der Waals surface area contributed by atoms with Crippen molar-refractivity contribution in [3.05, 3.63) is 47.7 Å². The Morgan fingerprint density at radius 2 is 2.05 bits per heavy atom. The number of rotatable bonds is 3. The van der Waals surface area contributed by atoms with Crippen molar-refractivity contribution < 1.29 is 8.42 Å². The lowest BCUT2D eigenvalue weighted by Gasteiger charge is -2.20. The maximum atomic E-state index is 12.5. The van der Waals surface area contributed by atoms with Crippen molar-refractivity contribution in [2.75, 3.05) is 17.1 Å². The van der Waals surface area contributed by atoms with Crippen LogP contribution in [-0.4, -0.2) is 20.4 Å². The highest BCUT2D eigenvalue weighted by molar-refractivity contribution is 7.93. The second kappa shape index (κ2) is 5.07. The Kier molecular flexibility index (Phi) is 3.64. The second-order valence-electron chi connectivity index (χ2n) is 3.87. The van der Waals surface area contributed by atoms with Gasteiger partial charge in [0.25, 0.3) is 10.0 Å². The molecule has 19 heavy (non-hydrogen) atoms. The molecule has 0 aliphatic carbocycles. The number of hydrogen-bond acceptors (Lipinski definition) is 4. The Labute approximate surface area is 116 Å². The molecule has 0 saturated carbocycles. The van der Waals surface area contributed by atoms with E-state index in [2.05, 4.69) is 4.98 Å². The highest BCUT2D eigenvalue weighted by Crippen LogP contribution is 2.27. The van der Waals surface area contributed by atoms with Gasteiger partial charge in [-0.3, -0.25) is 9.29 Å². The van der Waals surface area contributed by atoms with E-state index >= 15 is 0 Å². The Morgan fingerprint density at radius 3 is 2.68 bits per heavy atom. The third kappa shape index (κ3) is 2.64. The van der Waals surface area contributed by atoms with Gasteiger partial charge in [0, 0.05) is 18.3 Å². The summed E-state index contributed by atoms with van der Waals surface area (Å²) < 4.78 is 26.0. The molecule has 0 aliphatic heterocycles. The lowest BCUT2D eigenvalue weighted by Crippen LogP contribution is -2.27. The van der Waals surface area contributed by atoms with Crippen LogP contribution in [0.5, 0.6) is 0 Å². The summed E-state index contributed by atoms with van der Waals surface area (Å²) in [6, 6.07) is 7.64. The van der Waals surface area contributed by atoms with E-state index in [4.69, 9.17) is 17.3 Å². The predicted octanol–water partition coefficient (Wildman–Crippen LogP) is 2.14. The summed E-state index contributed by atoms with van der Waals surface area (Å²) in [6.07, 6.45) is 3.02. The fourth-order valence-corrected chi connectivity index (χ4v) is 3.12. The van der Waals surface area contributed by atoms with Gasteiger partial charge in [-0.1, -0.05) is 11.6 Å². The fourth-order valence-electron chi connectivity index (χ4n) is 1.56. The average molecular weight is 298 g/mol. The van der Waals surface area contributed by atoms with E-state index in [1.54, 1.807) is 24.4 Å². The first-order chi connectivity index (χ1) is 8.93. The molecule has 1 heterocycles. The molecule has 0 bridgehead atoms. The molecule has 0 unspecified atom stereocenters. The van der Waals surface area contributed by atoms with Crippen molar-refractivity contribution in [1.82, 2.24) is 4.98 Å². The molecule has 0 amide bonds. The normalized spacial score (nSPS) is 11.3. The second-order valence-corrected chi connectivity index (χ2v) is 6.24. The molecule has 7 heteroatoms. The highest BCUT2D eigenvalue weighted by Gasteiger charge is 2.24. The van der Waals surface area contributed by atoms with Gasteiger partial charge in [-0.25, -0.2) is 8.42 Å². The molecule has 2 N–H and O–H groups in total. The van der Waals surface area contributed by atoms with Gasteiger partial charge in [0.15, 0.2) is 0 Å². The quantitative estimate of drug-likeness (QED) is 0.881. The van der Waals surface area contributed by atoms with Crippen LogP contribution < -0.4 is 10.0 Å². The van der Waals surface area contributed by atoms with Gasteiger partial charge in [-0.2, -0.15) is 0 Å². The third-order valence-corrected chi connectivity index (χ3v) is 4.70. The van der Waals surface area contributed by atoms with Gasteiger partial charge in [0.2, 0.25) is 0 Å². The van der Waals surface area contributed by atoms with Crippen LogP contribution in [0.15, 0.2) is 47.6 Å². The van der Waals surface area contributed by atoms with Crippen molar-refractivity contribution in [3.8, 4) is 0 Å². The Balaban J connectivity index is 2.51. The van der Waals surface area contributed by atoms with Crippen molar-refractivity contribution >= 4 is 33.0 Å². The van der Waals surface area contributed by atoms with Gasteiger partial charge >= 0.3 is 0 Å². The standard InChI is InChI=1S/C12H12ClN3O2S/c1-16(10-3-2-6-15-8-10)19(17,18)12-7-9(13)4-5-11(12)14/h2-8H,14H2,1H3. The van der Waals surface area contributed by atoms with E-state index in [-0.39, 0.29) is 10.6 Å². The number of nitrogens with two attached hydrogens (primary N) is 1. The van der Waals surface area contributed by atoms with E-state index in [9.17, 15) is 8.42 Å². The first-order valence-electron chi connectivity index (χ1n) is 5.37. The zero-order valence-electron chi connectivity index (χ0n) is 10.1. The van der Waals surface area contributed by atoms with Crippen LogP contribution in [0.4, 0.5) is 11.4 Å². The molecule has 0 saturated heterocycles. The molecule has 100 valence electrons. The molecule has 0 spiro atoms. The maximum Gasteiger partial charge on any atom is 0.266 e. The predicted molar refractivity (Wildman–Crippen MR) is 75.7 cm³/mol. The van der Waals surface area contributed by atoms with Gasteiger partial charge < -0.3 is 5.73 Å². The minimum absolute atomic E-state index is 0.0219. The number of sulfonamides is 1. The van der Waals surface area contributed by atoms with Crippen molar-refractivity contribution in [3.63, 3.8) is 0 Å². The van der Waals surface area contributed by atoms with Gasteiger partial charge in [0.05, 0.1) is 17.6 Å². The van der Waals surface area contributed by atoms with E-state index in [0.717, 1.165) is 4.31 Å². The molecule has 0 atom stereocenters. The number of anilines is 2. The largest absolute Gasteiger partial charge is 0.398 e. The SMILES string of the molecule is CN(c1cccnc1)S(=O)(=O)c1cc(Cl)ccc1N. The molecule has 2 aromatic rings. The topological polar surface area (TPSA) is 76.3 Å². The molecule has 0 radical (unpaired) electrons. The van der Waals surface area contributed by atoms with E-state index in [0.29, 0.717) is 10.7 Å². The average Bonchev–Trinajstić information content (AvgIpc) is 2.41. The van der Waals surface area contributed by atoms with E-state index in [1.807, 2.05) is 0 Å². The summed E-state index contributed by atoms with van der Waals surface area (Å²) in [5.41, 5.74) is 6.31. The molecular formula is C12H12ClN3O2S. The number of aromatic nitrogens is 1. The summed E-state index contributed by atoms with van der Waals surface area (Å²) >= 11 is 5.82. The zero-order valence-corrected chi connectivity index (χ0v) is 11.7. The molecule has 0 aliphatic rings. The summed E-state index contributed by atoms with van der Waals surface area (Å²) in [5, 5.41) is 0.312. The van der Waals surface area contributed by atoms with Crippen LogP contribution >= 0.6 is 11.6 Å². The van der Waals surface area contributed by atoms with E-state index < -0.39 is 10.0 Å². The van der Waals surface area contributed by atoms with Crippen LogP contribution in [-0.2, 0) is 10.0 Å². The molecular weight excluding hydrogens is 286 g/mol. The van der Waals surface area contributed by atoms with E-state index in [1.165, 1.54) is 25.4 Å². The summed E-state index contributed by atoms with van der Waals surface area (Å²) in [5.74, 6) is 0. The molecule has 5 nitrogen and oxygen atoms in total. The number of benzene rings is 1. The fraction of sp³-hybridized carbons (Fsp3) is 0.0833. The van der Waals surface area contributed by atoms with Crippen LogP contribution in [0.25, 0.3) is 0 Å². The minimum Gasteiger partial charge on any atom is -0.398 e. The van der Waals surface area contributed by atoms with Gasteiger partial charge in [0.1, 0.15) is 4.90 Å². The smallest absolute Gasteiger partial charge is 0.266 e. The lowest BCUT2D eigenvalue weighted by molar-refractivity contribution is 0.594. The third-order valence-electron chi connectivity index (χ3n) is 2.62. The number of nitrogen functional groups attached to an aromatic ring is 1. The molecule has 2 rings (SSSR count). The first-order valence-corrected chi connectivity index (χ1v) is 7.18. The molecule has 1 aromatic carbocycles. The van der Waals surface area contributed by atoms with Gasteiger partial charge in [-0.05, 0) is 30.3 Å². The summed E-state index contributed by atoms with van der Waals surface area (Å²) in [6.45, 7) is 0. The number of pyridine rings is 1. The molecule has 1 aromatic heterocycles. The highest BCUT2D eigenvalue weighted by atomic mass is 35.5. The number of hydrogen-bond donors (Lipinski definition) is 1. The van der Waals surface area contributed by atoms with Crippen LogP contribution in [0.2, 0.25) is 5.02 Å². The number of halogens is 1. The van der Waals surface area contributed by atoms with Crippen molar-refractivity contribution in [1.29, 1.82) is 0 Å². The maximum absolute atomic E-state index is 12.5.